The molecule has 0 saturated carbocycles. The van der Waals surface area contributed by atoms with Crippen molar-refractivity contribution in [3.05, 3.63) is 115 Å². The van der Waals surface area contributed by atoms with Gasteiger partial charge in [-0.1, -0.05) is 29.8 Å². The van der Waals surface area contributed by atoms with Gasteiger partial charge in [0.25, 0.3) is 5.69 Å². The van der Waals surface area contributed by atoms with E-state index >= 15 is 0 Å². The highest BCUT2D eigenvalue weighted by Crippen LogP contribution is 2.49. The van der Waals surface area contributed by atoms with E-state index in [0.29, 0.717) is 36.3 Å². The van der Waals surface area contributed by atoms with Gasteiger partial charge in [-0.05, 0) is 80.1 Å². The Hall–Kier alpha value is -4.55. The lowest BCUT2D eigenvalue weighted by atomic mass is 9.74. The Bertz CT molecular complexity index is 1700. The zero-order valence-electron chi connectivity index (χ0n) is 24.1. The van der Waals surface area contributed by atoms with E-state index in [-0.39, 0.29) is 28.6 Å². The molecule has 1 aliphatic heterocycles. The maximum absolute atomic E-state index is 13.7. The van der Waals surface area contributed by atoms with Gasteiger partial charge in [0.2, 0.25) is 0 Å². The number of hydrogen-bond donors (Lipinski definition) is 1. The molecule has 5 rings (SSSR count). The first-order chi connectivity index (χ1) is 20.1. The zero-order valence-corrected chi connectivity index (χ0v) is 24.9. The number of Topliss-reactive ketones (excluding diaryl/α,β-unsaturated/α-hetero) is 1. The number of nitro groups is 1. The van der Waals surface area contributed by atoms with Gasteiger partial charge >= 0.3 is 0 Å². The molecule has 3 aromatic carbocycles. The van der Waals surface area contributed by atoms with Crippen LogP contribution in [0.2, 0.25) is 0 Å². The van der Waals surface area contributed by atoms with Gasteiger partial charge < -0.3 is 10.5 Å². The van der Waals surface area contributed by atoms with Crippen molar-refractivity contribution in [3.8, 4) is 11.8 Å². The summed E-state index contributed by atoms with van der Waals surface area (Å²) < 4.78 is 5.22. The summed E-state index contributed by atoms with van der Waals surface area (Å²) in [6, 6.07) is 19.4. The first kappa shape index (κ1) is 29.0. The number of nitrogens with zero attached hydrogens (tertiary/aromatic N) is 3. The molecule has 3 aromatic rings. The number of nitro benzene ring substituents is 1. The van der Waals surface area contributed by atoms with Gasteiger partial charge in [0.1, 0.15) is 17.3 Å². The molecule has 0 saturated heterocycles. The van der Waals surface area contributed by atoms with Crippen molar-refractivity contribution in [3.63, 3.8) is 0 Å². The van der Waals surface area contributed by atoms with Crippen molar-refractivity contribution in [1.82, 2.24) is 0 Å². The zero-order chi connectivity index (χ0) is 30.1. The van der Waals surface area contributed by atoms with Crippen LogP contribution in [-0.2, 0) is 10.5 Å². The number of ketones is 1. The average Bonchev–Trinajstić information content (AvgIpc) is 2.97. The Morgan fingerprint density at radius 3 is 2.50 bits per heavy atom. The Morgan fingerprint density at radius 1 is 1.10 bits per heavy atom. The minimum Gasteiger partial charge on any atom is -0.496 e. The fraction of sp³-hybridized carbons (Fsp3) is 0.273. The molecule has 1 unspecified atom stereocenters. The smallest absolute Gasteiger partial charge is 0.296 e. The maximum Gasteiger partial charge on any atom is 0.296 e. The Balaban J connectivity index is 1.65. The second-order valence-corrected chi connectivity index (χ2v) is 11.7. The molecule has 0 fully saturated rings. The van der Waals surface area contributed by atoms with Crippen LogP contribution in [0.1, 0.15) is 53.0 Å². The van der Waals surface area contributed by atoms with E-state index < -0.39 is 10.8 Å². The summed E-state index contributed by atoms with van der Waals surface area (Å²) in [7, 11) is 1.43. The van der Waals surface area contributed by atoms with Crippen LogP contribution >= 0.6 is 11.8 Å². The Labute approximate surface area is 249 Å². The summed E-state index contributed by atoms with van der Waals surface area (Å²) in [6.07, 6.45) is 1.43. The number of carbonyl (C=O) groups excluding carboxylic acids is 1. The van der Waals surface area contributed by atoms with Crippen LogP contribution in [0.25, 0.3) is 0 Å². The number of anilines is 1. The largest absolute Gasteiger partial charge is 0.496 e. The molecule has 0 aromatic heterocycles. The topological polar surface area (TPSA) is 122 Å². The molecule has 42 heavy (non-hydrogen) atoms. The monoisotopic (exact) mass is 580 g/mol. The molecule has 2 aliphatic rings. The normalized spacial score (nSPS) is 16.8. The highest BCUT2D eigenvalue weighted by molar-refractivity contribution is 7.98. The van der Waals surface area contributed by atoms with E-state index in [0.717, 1.165) is 32.9 Å². The number of ether oxygens (including phenoxy) is 1. The van der Waals surface area contributed by atoms with Crippen molar-refractivity contribution in [2.45, 2.75) is 56.6 Å². The van der Waals surface area contributed by atoms with Crippen molar-refractivity contribution < 1.29 is 14.5 Å². The Kier molecular flexibility index (Phi) is 8.10. The first-order valence-corrected chi connectivity index (χ1v) is 14.7. The lowest BCUT2D eigenvalue weighted by Gasteiger charge is -2.39. The van der Waals surface area contributed by atoms with E-state index in [9.17, 15) is 20.2 Å². The van der Waals surface area contributed by atoms with E-state index in [1.54, 1.807) is 23.9 Å². The third kappa shape index (κ3) is 5.26. The number of thioether (sulfide) groups is 1. The predicted molar refractivity (Wildman–Crippen MR) is 164 cm³/mol. The summed E-state index contributed by atoms with van der Waals surface area (Å²) in [5, 5.41) is 22.6. The highest BCUT2D eigenvalue weighted by atomic mass is 32.2. The minimum absolute atomic E-state index is 0.0711. The number of hydrogen-bond acceptors (Lipinski definition) is 8. The number of nitriles is 1. The SMILES string of the molecule is COc1ccc(N2C(N)=C(C#N)C(c3cc(CSc4ccc(C)cc4)c(C)cc3C)C3=C2CCCC3=O)c([N+](=O)[O-])c1. The van der Waals surface area contributed by atoms with Crippen molar-refractivity contribution in [2.24, 2.45) is 5.73 Å². The summed E-state index contributed by atoms with van der Waals surface area (Å²) in [5.74, 6) is 0.414. The van der Waals surface area contributed by atoms with Crippen LogP contribution in [0.3, 0.4) is 0 Å². The fourth-order valence-electron chi connectivity index (χ4n) is 5.82. The minimum atomic E-state index is -0.657. The van der Waals surface area contributed by atoms with Gasteiger partial charge in [-0.2, -0.15) is 5.26 Å². The molecule has 9 heteroatoms. The summed E-state index contributed by atoms with van der Waals surface area (Å²) in [4.78, 5) is 28.0. The predicted octanol–water partition coefficient (Wildman–Crippen LogP) is 7.13. The van der Waals surface area contributed by atoms with Crippen LogP contribution in [0.4, 0.5) is 11.4 Å². The number of benzene rings is 3. The lowest BCUT2D eigenvalue weighted by Crippen LogP contribution is -2.39. The number of methoxy groups -OCH3 is 1. The van der Waals surface area contributed by atoms with Crippen LogP contribution in [0.15, 0.2) is 82.2 Å². The number of nitrogens with two attached hydrogens (primary N) is 1. The van der Waals surface area contributed by atoms with Crippen LogP contribution < -0.4 is 15.4 Å². The third-order valence-corrected chi connectivity index (χ3v) is 9.05. The fourth-order valence-corrected chi connectivity index (χ4v) is 6.78. The van der Waals surface area contributed by atoms with E-state index in [4.69, 9.17) is 10.5 Å². The third-order valence-electron chi connectivity index (χ3n) is 7.98. The molecule has 1 atom stereocenters. The first-order valence-electron chi connectivity index (χ1n) is 13.7. The lowest BCUT2D eigenvalue weighted by molar-refractivity contribution is -0.384. The standard InChI is InChI=1S/C33H32N4O4S/c1-19-8-11-24(12-9-19)42-18-22-15-25(21(3)14-20(22)2)31-26(17-34)33(35)36(28-6-5-7-30(38)32(28)31)27-13-10-23(41-4)16-29(27)37(39)40/h8-16,31H,5-7,18,35H2,1-4H3. The van der Waals surface area contributed by atoms with E-state index in [2.05, 4.69) is 56.3 Å². The van der Waals surface area contributed by atoms with Gasteiger partial charge in [0, 0.05) is 28.3 Å². The summed E-state index contributed by atoms with van der Waals surface area (Å²) in [5.41, 5.74) is 13.3. The van der Waals surface area contributed by atoms with Gasteiger partial charge in [-0.25, -0.2) is 0 Å². The second kappa shape index (κ2) is 11.7. The van der Waals surface area contributed by atoms with Crippen molar-refractivity contribution >= 4 is 28.9 Å². The van der Waals surface area contributed by atoms with E-state index in [1.807, 2.05) is 6.92 Å². The molecule has 0 bridgehead atoms. The maximum atomic E-state index is 13.7. The molecule has 8 nitrogen and oxygen atoms in total. The molecule has 214 valence electrons. The molecule has 0 radical (unpaired) electrons. The number of rotatable bonds is 7. The van der Waals surface area contributed by atoms with Gasteiger partial charge in [0.05, 0.1) is 35.7 Å². The molecule has 1 heterocycles. The molecular formula is C33H32N4O4S. The summed E-state index contributed by atoms with van der Waals surface area (Å²) in [6.45, 7) is 6.11. The molecule has 0 amide bonds. The molecular weight excluding hydrogens is 548 g/mol. The molecule has 1 aliphatic carbocycles. The highest BCUT2D eigenvalue weighted by Gasteiger charge is 2.42. The molecule has 0 spiro atoms. The number of allylic oxidation sites excluding steroid dienone is 3. The quantitative estimate of drug-likeness (QED) is 0.178. The second-order valence-electron chi connectivity index (χ2n) is 10.7. The average molecular weight is 581 g/mol. The van der Waals surface area contributed by atoms with Crippen molar-refractivity contribution in [2.75, 3.05) is 12.0 Å². The van der Waals surface area contributed by atoms with Gasteiger partial charge in [-0.15, -0.1) is 11.8 Å². The van der Waals surface area contributed by atoms with Gasteiger partial charge in [-0.3, -0.25) is 19.8 Å². The van der Waals surface area contributed by atoms with Gasteiger partial charge in [0.15, 0.2) is 5.78 Å². The number of aryl methyl sites for hydroxylation is 3. The van der Waals surface area contributed by atoms with Crippen LogP contribution in [-0.4, -0.2) is 17.8 Å². The molecule has 2 N–H and O–H groups in total. The Morgan fingerprint density at radius 2 is 1.83 bits per heavy atom. The van der Waals surface area contributed by atoms with Crippen LogP contribution in [0.5, 0.6) is 5.75 Å². The number of carbonyl (C=O) groups is 1. The van der Waals surface area contributed by atoms with Crippen molar-refractivity contribution in [1.29, 1.82) is 5.26 Å². The van der Waals surface area contributed by atoms with E-state index in [1.165, 1.54) is 23.6 Å². The summed E-state index contributed by atoms with van der Waals surface area (Å²) >= 11 is 1.73. The van der Waals surface area contributed by atoms with Crippen LogP contribution in [0, 0.1) is 42.2 Å².